The molecule has 0 fully saturated rings. The van der Waals surface area contributed by atoms with Crippen molar-refractivity contribution in [3.05, 3.63) is 35.8 Å². The molecule has 4 heterocycles. The van der Waals surface area contributed by atoms with Crippen LogP contribution in [0.1, 0.15) is 18.2 Å². The monoisotopic (exact) mass is 369 g/mol. The Bertz CT molecular complexity index is 956. The lowest BCUT2D eigenvalue weighted by molar-refractivity contribution is 0.100. The Morgan fingerprint density at radius 3 is 3.04 bits per heavy atom. The van der Waals surface area contributed by atoms with Crippen molar-refractivity contribution >= 4 is 23.0 Å². The van der Waals surface area contributed by atoms with Crippen LogP contribution in [0.2, 0.25) is 0 Å². The number of anilines is 3. The second-order valence-corrected chi connectivity index (χ2v) is 6.48. The van der Waals surface area contributed by atoms with E-state index in [9.17, 15) is 0 Å². The summed E-state index contributed by atoms with van der Waals surface area (Å²) >= 11 is 0. The van der Waals surface area contributed by atoms with Gasteiger partial charge in [0, 0.05) is 31.3 Å². The highest BCUT2D eigenvalue weighted by Gasteiger charge is 2.15. The smallest absolute Gasteiger partial charge is 0.164 e. The van der Waals surface area contributed by atoms with Crippen LogP contribution in [0.5, 0.6) is 5.75 Å². The zero-order valence-electron chi connectivity index (χ0n) is 15.6. The summed E-state index contributed by atoms with van der Waals surface area (Å²) in [6.45, 7) is 3.75. The third kappa shape index (κ3) is 3.51. The normalized spacial score (nSPS) is 17.4. The molecule has 27 heavy (non-hydrogen) atoms. The van der Waals surface area contributed by atoms with Crippen LogP contribution in [0, 0.1) is 0 Å². The van der Waals surface area contributed by atoms with Crippen molar-refractivity contribution < 1.29 is 9.47 Å². The van der Waals surface area contributed by atoms with Crippen molar-refractivity contribution in [1.29, 1.82) is 0 Å². The Hall–Kier alpha value is -2.91. The highest BCUT2D eigenvalue weighted by Crippen LogP contribution is 2.29. The topological polar surface area (TPSA) is 97.6 Å². The lowest BCUT2D eigenvalue weighted by Crippen LogP contribution is -2.30. The molecular weight excluding hydrogens is 346 g/mol. The molecule has 0 radical (unpaired) electrons. The molecule has 0 spiro atoms. The van der Waals surface area contributed by atoms with Gasteiger partial charge in [-0.25, -0.2) is 4.98 Å². The zero-order chi connectivity index (χ0) is 18.8. The molecule has 0 saturated heterocycles. The molecule has 0 unspecified atom stereocenters. The molecular formula is C18H23N7O2. The minimum atomic E-state index is 0.186. The van der Waals surface area contributed by atoms with Crippen LogP contribution in [-0.2, 0) is 17.9 Å². The van der Waals surface area contributed by atoms with Crippen LogP contribution in [-0.4, -0.2) is 46.4 Å². The Morgan fingerprint density at radius 1 is 1.33 bits per heavy atom. The third-order valence-corrected chi connectivity index (χ3v) is 4.47. The van der Waals surface area contributed by atoms with Gasteiger partial charge < -0.3 is 25.4 Å². The summed E-state index contributed by atoms with van der Waals surface area (Å²) in [5.74, 6) is 2.17. The van der Waals surface area contributed by atoms with E-state index in [1.54, 1.807) is 17.8 Å². The first-order valence-electron chi connectivity index (χ1n) is 8.84. The quantitative estimate of drug-likeness (QED) is 0.630. The number of hydrogen-bond acceptors (Lipinski definition) is 8. The molecule has 0 aliphatic carbocycles. The predicted molar refractivity (Wildman–Crippen MR) is 103 cm³/mol. The summed E-state index contributed by atoms with van der Waals surface area (Å²) in [5.41, 5.74) is 3.41. The van der Waals surface area contributed by atoms with Gasteiger partial charge in [-0.15, -0.1) is 0 Å². The van der Waals surface area contributed by atoms with E-state index < -0.39 is 0 Å². The average Bonchev–Trinajstić information content (AvgIpc) is 3.08. The number of hydrogen-bond donors (Lipinski definition) is 3. The number of fused-ring (bicyclic) bond motifs is 3. The van der Waals surface area contributed by atoms with Crippen molar-refractivity contribution in [2.75, 3.05) is 31.4 Å². The van der Waals surface area contributed by atoms with E-state index in [0.717, 1.165) is 28.4 Å². The molecule has 3 aromatic heterocycles. The molecule has 4 rings (SSSR count). The fraction of sp³-hybridized carbons (Fsp3) is 0.389. The number of nitrogens with one attached hydrogen (secondary N) is 3. The Morgan fingerprint density at radius 2 is 2.22 bits per heavy atom. The van der Waals surface area contributed by atoms with Crippen LogP contribution in [0.4, 0.5) is 17.3 Å². The number of rotatable bonds is 2. The van der Waals surface area contributed by atoms with E-state index >= 15 is 0 Å². The number of ether oxygens (including phenoxy) is 2. The van der Waals surface area contributed by atoms with E-state index in [2.05, 4.69) is 33.0 Å². The summed E-state index contributed by atoms with van der Waals surface area (Å²) in [5, 5.41) is 14.4. The predicted octanol–water partition coefficient (Wildman–Crippen LogP) is 1.93. The van der Waals surface area contributed by atoms with Gasteiger partial charge in [-0.2, -0.15) is 9.61 Å². The number of nitrogens with zero attached hydrogens (tertiary/aromatic N) is 4. The average molecular weight is 369 g/mol. The Kier molecular flexibility index (Phi) is 4.78. The van der Waals surface area contributed by atoms with Gasteiger partial charge in [0.1, 0.15) is 11.6 Å². The highest BCUT2D eigenvalue weighted by atomic mass is 16.5. The Balaban J connectivity index is 1.84. The first-order chi connectivity index (χ1) is 13.2. The SMILES string of the molecule is CNc1cc2nc3c(cnn13)CN[C@H](C)COCc1cc(c(OC)cn1)N2. The summed E-state index contributed by atoms with van der Waals surface area (Å²) < 4.78 is 13.0. The van der Waals surface area contributed by atoms with Gasteiger partial charge in [0.05, 0.1) is 44.1 Å². The summed E-state index contributed by atoms with van der Waals surface area (Å²) in [7, 11) is 3.48. The molecule has 1 aliphatic heterocycles. The maximum Gasteiger partial charge on any atom is 0.164 e. The van der Waals surface area contributed by atoms with Gasteiger partial charge >= 0.3 is 0 Å². The van der Waals surface area contributed by atoms with Gasteiger partial charge in [-0.05, 0) is 13.0 Å². The maximum atomic E-state index is 5.81. The van der Waals surface area contributed by atoms with E-state index in [1.165, 1.54) is 0 Å². The number of methoxy groups -OCH3 is 1. The Labute approximate surface area is 157 Å². The summed E-state index contributed by atoms with van der Waals surface area (Å²) in [6, 6.07) is 4.01. The van der Waals surface area contributed by atoms with Crippen molar-refractivity contribution in [3.63, 3.8) is 0 Å². The largest absolute Gasteiger partial charge is 0.493 e. The maximum absolute atomic E-state index is 5.81. The molecule has 3 N–H and O–H groups in total. The van der Waals surface area contributed by atoms with Crippen LogP contribution in [0.3, 0.4) is 0 Å². The van der Waals surface area contributed by atoms with Crippen molar-refractivity contribution in [1.82, 2.24) is 24.9 Å². The van der Waals surface area contributed by atoms with Crippen LogP contribution < -0.4 is 20.7 Å². The lowest BCUT2D eigenvalue weighted by atomic mass is 10.2. The molecule has 0 saturated carbocycles. The number of aromatic nitrogens is 4. The van der Waals surface area contributed by atoms with Crippen molar-refractivity contribution in [2.24, 2.45) is 0 Å². The molecule has 1 atom stereocenters. The molecule has 9 nitrogen and oxygen atoms in total. The fourth-order valence-corrected chi connectivity index (χ4v) is 3.02. The van der Waals surface area contributed by atoms with Crippen LogP contribution in [0.25, 0.3) is 5.65 Å². The molecule has 0 aromatic carbocycles. The van der Waals surface area contributed by atoms with E-state index in [-0.39, 0.29) is 6.04 Å². The minimum Gasteiger partial charge on any atom is -0.493 e. The summed E-state index contributed by atoms with van der Waals surface area (Å²) in [6.07, 6.45) is 3.53. The molecule has 9 heteroatoms. The molecule has 0 amide bonds. The van der Waals surface area contributed by atoms with Crippen molar-refractivity contribution in [3.8, 4) is 5.75 Å². The first kappa shape index (κ1) is 17.5. The van der Waals surface area contributed by atoms with E-state index in [0.29, 0.717) is 31.3 Å². The van der Waals surface area contributed by atoms with Gasteiger partial charge in [0.2, 0.25) is 0 Å². The van der Waals surface area contributed by atoms with Gasteiger partial charge in [-0.1, -0.05) is 0 Å². The van der Waals surface area contributed by atoms with Crippen molar-refractivity contribution in [2.45, 2.75) is 26.1 Å². The first-order valence-corrected chi connectivity index (χ1v) is 8.84. The van der Waals surface area contributed by atoms with Gasteiger partial charge in [0.15, 0.2) is 11.4 Å². The zero-order valence-corrected chi connectivity index (χ0v) is 15.6. The summed E-state index contributed by atoms with van der Waals surface area (Å²) in [4.78, 5) is 9.17. The second-order valence-electron chi connectivity index (χ2n) is 6.48. The highest BCUT2D eigenvalue weighted by molar-refractivity contribution is 5.68. The molecule has 4 bridgehead atoms. The second kappa shape index (κ2) is 7.37. The molecule has 1 aliphatic rings. The van der Waals surface area contributed by atoms with Gasteiger partial charge in [0.25, 0.3) is 0 Å². The van der Waals surface area contributed by atoms with Crippen LogP contribution in [0.15, 0.2) is 24.5 Å². The molecule has 3 aromatic rings. The standard InChI is InChI=1S/C18H23N7O2/c1-11-9-27-10-13-4-14(15(26-3)8-21-13)23-16-5-17(19-2)25-18(24-16)12(6-20-11)7-22-25/h4-5,7-8,11,19-20H,6,9-10H2,1-3H3,(H,23,24)/t11-/m1/s1. The van der Waals surface area contributed by atoms with Crippen LogP contribution >= 0.6 is 0 Å². The lowest BCUT2D eigenvalue weighted by Gasteiger charge is -2.16. The van der Waals surface area contributed by atoms with Gasteiger partial charge in [-0.3, -0.25) is 4.98 Å². The van der Waals surface area contributed by atoms with E-state index in [1.807, 2.05) is 25.4 Å². The number of pyridine rings is 1. The van der Waals surface area contributed by atoms with E-state index in [4.69, 9.17) is 14.5 Å². The third-order valence-electron chi connectivity index (χ3n) is 4.47. The minimum absolute atomic E-state index is 0.186. The fourth-order valence-electron chi connectivity index (χ4n) is 3.02. The molecule has 142 valence electrons.